The lowest BCUT2D eigenvalue weighted by molar-refractivity contribution is -0.120. The van der Waals surface area contributed by atoms with Crippen molar-refractivity contribution in [3.8, 4) is 11.6 Å². The number of nitrogens with one attached hydrogen (secondary N) is 3. The van der Waals surface area contributed by atoms with E-state index in [0.717, 1.165) is 0 Å². The number of carbonyl (C=O) groups is 2. The maximum absolute atomic E-state index is 11.8. The Morgan fingerprint density at radius 1 is 1.08 bits per heavy atom. The van der Waals surface area contributed by atoms with Gasteiger partial charge in [0.15, 0.2) is 5.76 Å². The molecular formula is C16H15N5O3. The summed E-state index contributed by atoms with van der Waals surface area (Å²) in [7, 11) is 0. The van der Waals surface area contributed by atoms with Gasteiger partial charge in [0.05, 0.1) is 19.4 Å². The Morgan fingerprint density at radius 3 is 2.67 bits per heavy atom. The summed E-state index contributed by atoms with van der Waals surface area (Å²) in [5.74, 6) is 0.825. The van der Waals surface area contributed by atoms with Crippen LogP contribution in [0.5, 0.6) is 0 Å². The van der Waals surface area contributed by atoms with Gasteiger partial charge in [-0.2, -0.15) is 0 Å². The molecular weight excluding hydrogens is 310 g/mol. The number of nitrogens with zero attached hydrogens (tertiary/aromatic N) is 2. The van der Waals surface area contributed by atoms with Crippen molar-refractivity contribution in [2.24, 2.45) is 0 Å². The third-order valence-corrected chi connectivity index (χ3v) is 3.17. The van der Waals surface area contributed by atoms with E-state index in [1.165, 1.54) is 6.26 Å². The maximum Gasteiger partial charge on any atom is 0.251 e. The summed E-state index contributed by atoms with van der Waals surface area (Å²) >= 11 is 0. The van der Waals surface area contributed by atoms with Gasteiger partial charge in [-0.05, 0) is 24.3 Å². The third-order valence-electron chi connectivity index (χ3n) is 3.17. The molecule has 0 aliphatic carbocycles. The van der Waals surface area contributed by atoms with E-state index in [1.807, 2.05) is 6.07 Å². The number of aromatic nitrogens is 3. The fourth-order valence-corrected chi connectivity index (χ4v) is 1.99. The van der Waals surface area contributed by atoms with Crippen LogP contribution in [0.15, 0.2) is 53.1 Å². The first-order chi connectivity index (χ1) is 11.7. The summed E-state index contributed by atoms with van der Waals surface area (Å²) in [5, 5.41) is 11.9. The minimum atomic E-state index is -0.324. The number of aromatic amines is 1. The zero-order chi connectivity index (χ0) is 16.8. The van der Waals surface area contributed by atoms with Crippen LogP contribution >= 0.6 is 0 Å². The SMILES string of the molecule is O=C(CNC(=O)c1ccccc1)NCc1nc(-c2ccco2)n[nH]1. The molecule has 122 valence electrons. The van der Waals surface area contributed by atoms with E-state index in [0.29, 0.717) is 23.0 Å². The summed E-state index contributed by atoms with van der Waals surface area (Å²) in [5.41, 5.74) is 0.503. The molecule has 3 N–H and O–H groups in total. The van der Waals surface area contributed by atoms with Crippen LogP contribution in [0.3, 0.4) is 0 Å². The quantitative estimate of drug-likeness (QED) is 0.628. The topological polar surface area (TPSA) is 113 Å². The summed E-state index contributed by atoms with van der Waals surface area (Å²) in [6.45, 7) is 0.0562. The molecule has 8 heteroatoms. The first-order valence-electron chi connectivity index (χ1n) is 7.27. The molecule has 0 saturated heterocycles. The van der Waals surface area contributed by atoms with Crippen LogP contribution in [0.25, 0.3) is 11.6 Å². The number of H-pyrrole nitrogens is 1. The molecule has 0 atom stereocenters. The van der Waals surface area contributed by atoms with Crippen LogP contribution in [0.2, 0.25) is 0 Å². The van der Waals surface area contributed by atoms with Gasteiger partial charge in [-0.1, -0.05) is 18.2 Å². The van der Waals surface area contributed by atoms with E-state index in [4.69, 9.17) is 4.42 Å². The maximum atomic E-state index is 11.8. The van der Waals surface area contributed by atoms with E-state index < -0.39 is 0 Å². The molecule has 0 unspecified atom stereocenters. The van der Waals surface area contributed by atoms with Crippen LogP contribution in [-0.2, 0) is 11.3 Å². The van der Waals surface area contributed by atoms with Crippen LogP contribution in [0, 0.1) is 0 Å². The molecule has 0 spiro atoms. The second-order valence-electron chi connectivity index (χ2n) is 4.91. The summed E-state index contributed by atoms with van der Waals surface area (Å²) in [4.78, 5) is 27.8. The van der Waals surface area contributed by atoms with E-state index in [1.54, 1.807) is 36.4 Å². The Morgan fingerprint density at radius 2 is 1.92 bits per heavy atom. The van der Waals surface area contributed by atoms with Gasteiger partial charge in [0.25, 0.3) is 5.91 Å². The van der Waals surface area contributed by atoms with Crippen LogP contribution in [0.1, 0.15) is 16.2 Å². The lowest BCUT2D eigenvalue weighted by atomic mass is 10.2. The standard InChI is InChI=1S/C16H15N5O3/c22-14(10-18-16(23)11-5-2-1-3-6-11)17-9-13-19-15(21-20-13)12-7-4-8-24-12/h1-8H,9-10H2,(H,17,22)(H,18,23)(H,19,20,21). The molecule has 1 aromatic carbocycles. The second kappa shape index (κ2) is 7.23. The molecule has 0 aliphatic rings. The minimum absolute atomic E-state index is 0.118. The average Bonchev–Trinajstić information content (AvgIpc) is 3.29. The van der Waals surface area contributed by atoms with Crippen molar-refractivity contribution in [1.29, 1.82) is 0 Å². The second-order valence-corrected chi connectivity index (χ2v) is 4.91. The zero-order valence-electron chi connectivity index (χ0n) is 12.7. The molecule has 0 aliphatic heterocycles. The number of benzene rings is 1. The van der Waals surface area contributed by atoms with E-state index in [9.17, 15) is 9.59 Å². The Balaban J connectivity index is 1.45. The molecule has 2 aromatic heterocycles. The first kappa shape index (κ1) is 15.5. The number of carbonyl (C=O) groups excluding carboxylic acids is 2. The van der Waals surface area contributed by atoms with Gasteiger partial charge in [0, 0.05) is 5.56 Å². The number of hydrogen-bond acceptors (Lipinski definition) is 5. The predicted octanol–water partition coefficient (Wildman–Crippen LogP) is 1.11. The van der Waals surface area contributed by atoms with Crippen molar-refractivity contribution < 1.29 is 14.0 Å². The predicted molar refractivity (Wildman–Crippen MR) is 84.7 cm³/mol. The van der Waals surface area contributed by atoms with Crippen molar-refractivity contribution in [1.82, 2.24) is 25.8 Å². The molecule has 0 saturated carbocycles. The summed E-state index contributed by atoms with van der Waals surface area (Å²) in [6.07, 6.45) is 1.53. The Labute approximate surface area is 137 Å². The average molecular weight is 325 g/mol. The van der Waals surface area contributed by atoms with Crippen LogP contribution < -0.4 is 10.6 Å². The molecule has 8 nitrogen and oxygen atoms in total. The zero-order valence-corrected chi connectivity index (χ0v) is 12.7. The van der Waals surface area contributed by atoms with Gasteiger partial charge in [-0.15, -0.1) is 5.10 Å². The van der Waals surface area contributed by atoms with E-state index in [2.05, 4.69) is 25.8 Å². The largest absolute Gasteiger partial charge is 0.461 e. The number of hydrogen-bond donors (Lipinski definition) is 3. The third kappa shape index (κ3) is 3.86. The smallest absolute Gasteiger partial charge is 0.251 e. The lowest BCUT2D eigenvalue weighted by Gasteiger charge is -2.05. The van der Waals surface area contributed by atoms with Gasteiger partial charge in [-0.25, -0.2) is 4.98 Å². The van der Waals surface area contributed by atoms with Gasteiger partial charge in [0.1, 0.15) is 5.82 Å². The Hall–Kier alpha value is -3.42. The van der Waals surface area contributed by atoms with Crippen molar-refractivity contribution in [2.75, 3.05) is 6.54 Å². The van der Waals surface area contributed by atoms with Gasteiger partial charge in [-0.3, -0.25) is 14.7 Å². The highest BCUT2D eigenvalue weighted by atomic mass is 16.3. The van der Waals surface area contributed by atoms with Crippen molar-refractivity contribution in [3.63, 3.8) is 0 Å². The highest BCUT2D eigenvalue weighted by Crippen LogP contribution is 2.14. The molecule has 24 heavy (non-hydrogen) atoms. The monoisotopic (exact) mass is 325 g/mol. The van der Waals surface area contributed by atoms with E-state index >= 15 is 0 Å². The number of furan rings is 1. The summed E-state index contributed by atoms with van der Waals surface area (Å²) < 4.78 is 5.19. The molecule has 3 aromatic rings. The molecule has 0 bridgehead atoms. The highest BCUT2D eigenvalue weighted by molar-refractivity contribution is 5.96. The molecule has 0 radical (unpaired) electrons. The highest BCUT2D eigenvalue weighted by Gasteiger charge is 2.10. The van der Waals surface area contributed by atoms with Gasteiger partial charge >= 0.3 is 0 Å². The Bertz CT molecular complexity index is 811. The van der Waals surface area contributed by atoms with Crippen LogP contribution in [-0.4, -0.2) is 33.5 Å². The van der Waals surface area contributed by atoms with Gasteiger partial charge < -0.3 is 15.1 Å². The molecule has 2 heterocycles. The Kier molecular flexibility index (Phi) is 4.66. The van der Waals surface area contributed by atoms with E-state index in [-0.39, 0.29) is 24.9 Å². The van der Waals surface area contributed by atoms with Crippen molar-refractivity contribution in [3.05, 3.63) is 60.1 Å². The minimum Gasteiger partial charge on any atom is -0.461 e. The van der Waals surface area contributed by atoms with Gasteiger partial charge in [0.2, 0.25) is 11.7 Å². The molecule has 2 amide bonds. The van der Waals surface area contributed by atoms with Crippen LogP contribution in [0.4, 0.5) is 0 Å². The molecule has 3 rings (SSSR count). The fraction of sp³-hybridized carbons (Fsp3) is 0.125. The van der Waals surface area contributed by atoms with Crippen molar-refractivity contribution in [2.45, 2.75) is 6.54 Å². The summed E-state index contributed by atoms with van der Waals surface area (Å²) in [6, 6.07) is 12.2. The lowest BCUT2D eigenvalue weighted by Crippen LogP contribution is -2.36. The first-order valence-corrected chi connectivity index (χ1v) is 7.27. The number of rotatable bonds is 6. The molecule has 0 fully saturated rings. The van der Waals surface area contributed by atoms with Crippen molar-refractivity contribution >= 4 is 11.8 Å². The normalized spacial score (nSPS) is 10.3. The fourth-order valence-electron chi connectivity index (χ4n) is 1.99. The number of amides is 2.